The van der Waals surface area contributed by atoms with Gasteiger partial charge in [-0.3, -0.25) is 14.4 Å². The third-order valence-corrected chi connectivity index (χ3v) is 9.86. The predicted molar refractivity (Wildman–Crippen MR) is 166 cm³/mol. The fraction of sp³-hybridized carbons (Fsp3) is 0.133. The summed E-state index contributed by atoms with van der Waals surface area (Å²) in [4.78, 5) is 39.6. The second kappa shape index (κ2) is 14.4. The van der Waals surface area contributed by atoms with Crippen LogP contribution < -0.4 is 15.4 Å². The smallest absolute Gasteiger partial charge is 0.289 e. The Morgan fingerprint density at radius 3 is 2.28 bits per heavy atom. The number of carbonyl (C=O) groups is 3. The molecule has 1 aromatic heterocycles. The minimum absolute atomic E-state index is 0.0194. The Morgan fingerprint density at radius 1 is 0.884 bits per heavy atom. The van der Waals surface area contributed by atoms with Gasteiger partial charge in [0, 0.05) is 24.4 Å². The van der Waals surface area contributed by atoms with Crippen LogP contribution in [0.25, 0.3) is 10.4 Å². The number of carbonyl (C=O) groups excluding carboxylic acids is 3. The number of sulfonamides is 1. The lowest BCUT2D eigenvalue weighted by molar-refractivity contribution is -0.138. The van der Waals surface area contributed by atoms with Crippen molar-refractivity contribution in [1.82, 2.24) is 15.4 Å². The van der Waals surface area contributed by atoms with E-state index in [2.05, 4.69) is 15.4 Å². The van der Waals surface area contributed by atoms with Gasteiger partial charge < -0.3 is 10.6 Å². The fourth-order valence-electron chi connectivity index (χ4n) is 4.04. The molecular weight excluding hydrogens is 631 g/mol. The van der Waals surface area contributed by atoms with Gasteiger partial charge in [0.2, 0.25) is 15.8 Å². The van der Waals surface area contributed by atoms with Crippen molar-refractivity contribution in [1.29, 1.82) is 5.26 Å². The van der Waals surface area contributed by atoms with Crippen LogP contribution in [-0.4, -0.2) is 45.1 Å². The minimum Gasteiger partial charge on any atom is -0.348 e. The van der Waals surface area contributed by atoms with E-state index in [9.17, 15) is 22.8 Å². The van der Waals surface area contributed by atoms with Crippen molar-refractivity contribution in [3.8, 4) is 16.5 Å². The summed E-state index contributed by atoms with van der Waals surface area (Å²) in [6, 6.07) is 24.0. The molecule has 43 heavy (non-hydrogen) atoms. The van der Waals surface area contributed by atoms with Gasteiger partial charge in [0.25, 0.3) is 11.8 Å². The molecule has 0 fully saturated rings. The molecule has 9 nitrogen and oxygen atoms in total. The molecule has 13 heteroatoms. The highest BCUT2D eigenvalue weighted by Gasteiger charge is 2.29. The molecular formula is C30H24Cl2N4O5S2. The normalized spacial score (nSPS) is 11.7. The third kappa shape index (κ3) is 8.28. The van der Waals surface area contributed by atoms with Crippen LogP contribution in [0.15, 0.2) is 89.1 Å². The number of halogens is 2. The summed E-state index contributed by atoms with van der Waals surface area (Å²) < 4.78 is 28.0. The molecule has 1 atom stereocenters. The molecule has 3 N–H and O–H groups in total. The number of rotatable bonds is 12. The van der Waals surface area contributed by atoms with E-state index in [0.29, 0.717) is 21.6 Å². The number of amides is 2. The first kappa shape index (κ1) is 31.9. The second-order valence-corrected chi connectivity index (χ2v) is 13.0. The highest BCUT2D eigenvalue weighted by Crippen LogP contribution is 2.31. The van der Waals surface area contributed by atoms with E-state index in [1.54, 1.807) is 66.7 Å². The van der Waals surface area contributed by atoms with Crippen LogP contribution >= 0.6 is 34.5 Å². The van der Waals surface area contributed by atoms with Gasteiger partial charge >= 0.3 is 0 Å². The predicted octanol–water partition coefficient (Wildman–Crippen LogP) is 4.60. The molecule has 1 heterocycles. The number of Topliss-reactive ketones (excluding diaryl/α,β-unsaturated/α-hetero) is 1. The third-order valence-electron chi connectivity index (χ3n) is 6.14. The van der Waals surface area contributed by atoms with Crippen LogP contribution in [0.4, 0.5) is 0 Å². The highest BCUT2D eigenvalue weighted by molar-refractivity contribution is 7.91. The average Bonchev–Trinajstić information content (AvgIpc) is 3.51. The first-order chi connectivity index (χ1) is 20.6. The maximum absolute atomic E-state index is 13.1. The van der Waals surface area contributed by atoms with Gasteiger partial charge in [0.15, 0.2) is 0 Å². The Morgan fingerprint density at radius 2 is 1.58 bits per heavy atom. The Labute approximate surface area is 262 Å². The molecule has 4 rings (SSSR count). The van der Waals surface area contributed by atoms with Crippen LogP contribution in [-0.2, 0) is 26.0 Å². The zero-order valence-electron chi connectivity index (χ0n) is 22.3. The molecule has 3 aromatic carbocycles. The lowest BCUT2D eigenvalue weighted by Gasteiger charge is -2.18. The van der Waals surface area contributed by atoms with Crippen LogP contribution in [0.2, 0.25) is 10.0 Å². The molecule has 220 valence electrons. The molecule has 0 spiro atoms. The van der Waals surface area contributed by atoms with E-state index in [1.165, 1.54) is 18.2 Å². The molecule has 0 saturated heterocycles. The van der Waals surface area contributed by atoms with Gasteiger partial charge in [-0.1, -0.05) is 71.7 Å². The summed E-state index contributed by atoms with van der Waals surface area (Å²) in [5, 5.41) is 14.2. The summed E-state index contributed by atoms with van der Waals surface area (Å²) >= 11 is 13.3. The largest absolute Gasteiger partial charge is 0.348 e. The Balaban J connectivity index is 1.37. The summed E-state index contributed by atoms with van der Waals surface area (Å²) in [5.41, 5.74) is 1.84. The molecule has 4 aromatic rings. The Hall–Kier alpha value is -4.05. The molecule has 2 amide bonds. The lowest BCUT2D eigenvalue weighted by Crippen LogP contribution is -2.49. The van der Waals surface area contributed by atoms with E-state index in [4.69, 9.17) is 28.5 Å². The Kier molecular flexibility index (Phi) is 10.7. The van der Waals surface area contributed by atoms with Crippen molar-refractivity contribution in [2.24, 2.45) is 0 Å². The standard InChI is InChI=1S/C30H24Cl2N4O5S2/c31-22-10-5-11-23(32)27(22)29(38)36-24(17-19-6-2-1-3-7-19)28(37)30(39)34-14-15-35-43(40,41)26-13-12-25(42-26)21-9-4-8-20(16-21)18-33/h1-13,16,24,35H,14-15,17H2,(H,34,39)(H,36,38)/t24-/m0/s1. The average molecular weight is 656 g/mol. The van der Waals surface area contributed by atoms with E-state index in [0.717, 1.165) is 11.3 Å². The molecule has 0 saturated carbocycles. The van der Waals surface area contributed by atoms with Crippen molar-refractivity contribution in [3.05, 3.63) is 112 Å². The molecule has 0 radical (unpaired) electrons. The minimum atomic E-state index is -3.91. The van der Waals surface area contributed by atoms with Gasteiger partial charge in [0.05, 0.1) is 27.2 Å². The van der Waals surface area contributed by atoms with Gasteiger partial charge in [-0.25, -0.2) is 13.1 Å². The van der Waals surface area contributed by atoms with Gasteiger partial charge in [-0.05, 0) is 47.5 Å². The van der Waals surface area contributed by atoms with Crippen molar-refractivity contribution >= 4 is 62.2 Å². The lowest BCUT2D eigenvalue weighted by atomic mass is 10.0. The van der Waals surface area contributed by atoms with Crippen molar-refractivity contribution in [3.63, 3.8) is 0 Å². The molecule has 0 aliphatic heterocycles. The monoisotopic (exact) mass is 654 g/mol. The number of thiophene rings is 1. The Bertz CT molecular complexity index is 1780. The van der Waals surface area contributed by atoms with Crippen molar-refractivity contribution < 1.29 is 22.8 Å². The quantitative estimate of drug-likeness (QED) is 0.150. The topological polar surface area (TPSA) is 145 Å². The van der Waals surface area contributed by atoms with Crippen LogP contribution in [0.3, 0.4) is 0 Å². The second-order valence-electron chi connectivity index (χ2n) is 9.14. The molecule has 0 aliphatic carbocycles. The van der Waals surface area contributed by atoms with Crippen LogP contribution in [0, 0.1) is 11.3 Å². The van der Waals surface area contributed by atoms with Gasteiger partial charge in [-0.2, -0.15) is 5.26 Å². The fourth-order valence-corrected chi connectivity index (χ4v) is 6.99. The number of ketones is 1. The number of nitriles is 1. The maximum atomic E-state index is 13.1. The number of hydrogen-bond acceptors (Lipinski definition) is 7. The summed E-state index contributed by atoms with van der Waals surface area (Å²) in [6.07, 6.45) is 0.0194. The van der Waals surface area contributed by atoms with E-state index in [-0.39, 0.29) is 39.3 Å². The summed E-state index contributed by atoms with van der Waals surface area (Å²) in [7, 11) is -3.91. The van der Waals surface area contributed by atoms with Gasteiger partial charge in [0.1, 0.15) is 10.3 Å². The SMILES string of the molecule is N#Cc1cccc(-c2ccc(S(=O)(=O)NCCNC(=O)C(=O)[C@H](Cc3ccccc3)NC(=O)c3c(Cl)cccc3Cl)s2)c1. The first-order valence-electron chi connectivity index (χ1n) is 12.8. The van der Waals surface area contributed by atoms with Crippen LogP contribution in [0.5, 0.6) is 0 Å². The van der Waals surface area contributed by atoms with Crippen LogP contribution in [0.1, 0.15) is 21.5 Å². The molecule has 0 aliphatic rings. The molecule has 0 bridgehead atoms. The zero-order chi connectivity index (χ0) is 31.0. The number of nitrogens with zero attached hydrogens (tertiary/aromatic N) is 1. The van der Waals surface area contributed by atoms with Gasteiger partial charge in [-0.15, -0.1) is 11.3 Å². The summed E-state index contributed by atoms with van der Waals surface area (Å²) in [5.74, 6) is -2.65. The molecule has 0 unspecified atom stereocenters. The highest BCUT2D eigenvalue weighted by atomic mass is 35.5. The van der Waals surface area contributed by atoms with E-state index >= 15 is 0 Å². The summed E-state index contributed by atoms with van der Waals surface area (Å²) in [6.45, 7) is -0.377. The van der Waals surface area contributed by atoms with Crippen molar-refractivity contribution in [2.45, 2.75) is 16.7 Å². The first-order valence-corrected chi connectivity index (χ1v) is 15.9. The van der Waals surface area contributed by atoms with Crippen molar-refractivity contribution in [2.75, 3.05) is 13.1 Å². The van der Waals surface area contributed by atoms with E-state index < -0.39 is 33.7 Å². The number of benzene rings is 3. The zero-order valence-corrected chi connectivity index (χ0v) is 25.5. The number of hydrogen-bond donors (Lipinski definition) is 3. The maximum Gasteiger partial charge on any atom is 0.289 e. The van der Waals surface area contributed by atoms with E-state index in [1.807, 2.05) is 6.07 Å². The number of nitrogens with one attached hydrogen (secondary N) is 3.